The molecule has 1 aromatic heterocycles. The minimum absolute atomic E-state index is 0.155. The van der Waals surface area contributed by atoms with Crippen LogP contribution < -0.4 is 20.0 Å². The molecule has 0 amide bonds. The van der Waals surface area contributed by atoms with Gasteiger partial charge in [-0.15, -0.1) is 0 Å². The lowest BCUT2D eigenvalue weighted by atomic mass is 10.1. The second-order valence-corrected chi connectivity index (χ2v) is 6.08. The molecule has 6 heteroatoms. The Morgan fingerprint density at radius 1 is 1.19 bits per heavy atom. The Kier molecular flexibility index (Phi) is 5.16. The van der Waals surface area contributed by atoms with Gasteiger partial charge in [-0.25, -0.2) is 0 Å². The lowest BCUT2D eigenvalue weighted by molar-refractivity contribution is -0.312. The molecular weight excluding hydrogens is 348 g/mol. The fourth-order valence-electron chi connectivity index (χ4n) is 2.71. The van der Waals surface area contributed by atoms with Gasteiger partial charge in [0.05, 0.1) is 18.5 Å². The van der Waals surface area contributed by atoms with Crippen molar-refractivity contribution in [3.63, 3.8) is 0 Å². The third-order valence-electron chi connectivity index (χ3n) is 4.30. The molecule has 27 heavy (non-hydrogen) atoms. The van der Waals surface area contributed by atoms with E-state index >= 15 is 0 Å². The van der Waals surface area contributed by atoms with Gasteiger partial charge < -0.3 is 23.8 Å². The first-order chi connectivity index (χ1) is 12.9. The predicted octanol–water partition coefficient (Wildman–Crippen LogP) is 2.55. The van der Waals surface area contributed by atoms with E-state index < -0.39 is 17.5 Å². The van der Waals surface area contributed by atoms with Crippen molar-refractivity contribution in [2.75, 3.05) is 7.11 Å². The minimum atomic E-state index is -1.42. The number of carboxylic acids is 1. The van der Waals surface area contributed by atoms with Crippen LogP contribution in [0.1, 0.15) is 19.4 Å². The van der Waals surface area contributed by atoms with Crippen LogP contribution in [0.15, 0.2) is 51.7 Å². The molecule has 0 N–H and O–H groups in total. The van der Waals surface area contributed by atoms with Crippen LogP contribution in [-0.4, -0.2) is 19.2 Å². The number of hydrogen-bond acceptors (Lipinski definition) is 6. The quantitative estimate of drug-likeness (QED) is 0.665. The van der Waals surface area contributed by atoms with Crippen LogP contribution in [0.3, 0.4) is 0 Å². The minimum Gasteiger partial charge on any atom is -0.546 e. The number of ether oxygens (including phenoxy) is 2. The standard InChI is InChI=1S/C21H20O6/c1-4-13-5-10-17-16(11-13)18(22)20(26-12(2)21(23)24)19(27-17)14-6-8-15(25-3)9-7-14/h5-12H,4H2,1-3H3,(H,23,24)/p-1. The summed E-state index contributed by atoms with van der Waals surface area (Å²) in [4.78, 5) is 24.2. The molecule has 0 radical (unpaired) electrons. The number of carbonyl (C=O) groups excluding carboxylic acids is 1. The van der Waals surface area contributed by atoms with E-state index in [2.05, 4.69) is 0 Å². The van der Waals surface area contributed by atoms with Crippen molar-refractivity contribution in [1.29, 1.82) is 0 Å². The third kappa shape index (κ3) is 3.65. The largest absolute Gasteiger partial charge is 0.546 e. The third-order valence-corrected chi connectivity index (χ3v) is 4.30. The first-order valence-corrected chi connectivity index (χ1v) is 8.56. The maximum atomic E-state index is 13.0. The number of fused-ring (bicyclic) bond motifs is 1. The van der Waals surface area contributed by atoms with Gasteiger partial charge in [0.2, 0.25) is 11.2 Å². The van der Waals surface area contributed by atoms with Gasteiger partial charge in [0.25, 0.3) is 0 Å². The highest BCUT2D eigenvalue weighted by atomic mass is 16.5. The van der Waals surface area contributed by atoms with Crippen molar-refractivity contribution in [3.8, 4) is 22.8 Å². The Morgan fingerprint density at radius 3 is 2.48 bits per heavy atom. The van der Waals surface area contributed by atoms with E-state index in [1.807, 2.05) is 13.0 Å². The highest BCUT2D eigenvalue weighted by Crippen LogP contribution is 2.32. The second-order valence-electron chi connectivity index (χ2n) is 6.08. The lowest BCUT2D eigenvalue weighted by Crippen LogP contribution is -2.38. The van der Waals surface area contributed by atoms with Crippen LogP contribution in [0, 0.1) is 0 Å². The molecule has 140 valence electrons. The molecule has 1 unspecified atom stereocenters. The molecule has 1 heterocycles. The fraction of sp³-hybridized carbons (Fsp3) is 0.238. The van der Waals surface area contributed by atoms with Crippen molar-refractivity contribution < 1.29 is 23.8 Å². The monoisotopic (exact) mass is 367 g/mol. The Morgan fingerprint density at radius 2 is 1.89 bits per heavy atom. The lowest BCUT2D eigenvalue weighted by Gasteiger charge is -2.17. The summed E-state index contributed by atoms with van der Waals surface area (Å²) in [5.74, 6) is -0.775. The summed E-state index contributed by atoms with van der Waals surface area (Å²) in [5, 5.41) is 11.5. The van der Waals surface area contributed by atoms with Gasteiger partial charge in [0.1, 0.15) is 17.4 Å². The van der Waals surface area contributed by atoms with Crippen molar-refractivity contribution in [2.45, 2.75) is 26.4 Å². The van der Waals surface area contributed by atoms with Crippen LogP contribution in [0.4, 0.5) is 0 Å². The molecule has 6 nitrogen and oxygen atoms in total. The summed E-state index contributed by atoms with van der Waals surface area (Å²) < 4.78 is 16.5. The van der Waals surface area contributed by atoms with E-state index in [1.165, 1.54) is 6.92 Å². The average Bonchev–Trinajstić information content (AvgIpc) is 2.69. The molecule has 0 spiro atoms. The SMILES string of the molecule is CCc1ccc2oc(-c3ccc(OC)cc3)c(OC(C)C(=O)[O-])c(=O)c2c1. The number of rotatable bonds is 6. The number of carbonyl (C=O) groups is 1. The summed E-state index contributed by atoms with van der Waals surface area (Å²) >= 11 is 0. The normalized spacial score (nSPS) is 12.0. The van der Waals surface area contributed by atoms with E-state index in [0.717, 1.165) is 12.0 Å². The van der Waals surface area contributed by atoms with Crippen LogP contribution in [0.2, 0.25) is 0 Å². The van der Waals surface area contributed by atoms with Crippen molar-refractivity contribution in [3.05, 3.63) is 58.3 Å². The average molecular weight is 367 g/mol. The number of hydrogen-bond donors (Lipinski definition) is 0. The summed E-state index contributed by atoms with van der Waals surface area (Å²) in [6.45, 7) is 3.28. The molecule has 0 aliphatic carbocycles. The molecule has 0 saturated heterocycles. The first kappa shape index (κ1) is 18.5. The number of benzene rings is 2. The van der Waals surface area contributed by atoms with Gasteiger partial charge in [-0.1, -0.05) is 13.0 Å². The van der Waals surface area contributed by atoms with Crippen LogP contribution in [0.5, 0.6) is 11.5 Å². The molecular formula is C21H19O6-. The molecule has 0 aliphatic rings. The zero-order valence-electron chi connectivity index (χ0n) is 15.3. The van der Waals surface area contributed by atoms with Gasteiger partial charge in [-0.2, -0.15) is 0 Å². The number of methoxy groups -OCH3 is 1. The molecule has 2 aromatic carbocycles. The highest BCUT2D eigenvalue weighted by Gasteiger charge is 2.20. The first-order valence-electron chi connectivity index (χ1n) is 8.56. The molecule has 0 saturated carbocycles. The van der Waals surface area contributed by atoms with Crippen molar-refractivity contribution in [2.24, 2.45) is 0 Å². The van der Waals surface area contributed by atoms with Crippen LogP contribution in [-0.2, 0) is 11.2 Å². The topological polar surface area (TPSA) is 88.8 Å². The summed E-state index contributed by atoms with van der Waals surface area (Å²) in [6.07, 6.45) is -0.557. The molecule has 1 atom stereocenters. The van der Waals surface area contributed by atoms with Crippen LogP contribution >= 0.6 is 0 Å². The Bertz CT molecular complexity index is 1030. The predicted molar refractivity (Wildman–Crippen MR) is 98.9 cm³/mol. The smallest absolute Gasteiger partial charge is 0.235 e. The van der Waals surface area contributed by atoms with E-state index in [4.69, 9.17) is 13.9 Å². The zero-order valence-corrected chi connectivity index (χ0v) is 15.3. The molecule has 3 aromatic rings. The Balaban J connectivity index is 2.25. The zero-order chi connectivity index (χ0) is 19.6. The molecule has 0 bridgehead atoms. The Hall–Kier alpha value is -3.28. The number of aryl methyl sites for hydroxylation is 1. The van der Waals surface area contributed by atoms with Gasteiger partial charge in [0, 0.05) is 5.56 Å². The van der Waals surface area contributed by atoms with Gasteiger partial charge >= 0.3 is 0 Å². The van der Waals surface area contributed by atoms with E-state index in [0.29, 0.717) is 22.3 Å². The number of carboxylic acid groups (broad SMARTS) is 1. The number of aliphatic carboxylic acids is 1. The molecule has 0 aliphatic heterocycles. The Labute approximate surface area is 156 Å². The summed E-state index contributed by atoms with van der Waals surface area (Å²) in [5.41, 5.74) is 1.50. The maximum Gasteiger partial charge on any atom is 0.235 e. The van der Waals surface area contributed by atoms with Gasteiger partial charge in [-0.05, 0) is 55.3 Å². The second kappa shape index (κ2) is 7.53. The van der Waals surface area contributed by atoms with E-state index in [9.17, 15) is 14.7 Å². The van der Waals surface area contributed by atoms with Crippen molar-refractivity contribution >= 4 is 16.9 Å². The summed E-state index contributed by atoms with van der Waals surface area (Å²) in [6, 6.07) is 12.2. The molecule has 0 fully saturated rings. The maximum absolute atomic E-state index is 13.0. The van der Waals surface area contributed by atoms with E-state index in [1.54, 1.807) is 43.5 Å². The fourth-order valence-corrected chi connectivity index (χ4v) is 2.71. The van der Waals surface area contributed by atoms with E-state index in [-0.39, 0.29) is 11.5 Å². The van der Waals surface area contributed by atoms with Gasteiger partial charge in [-0.3, -0.25) is 4.79 Å². The summed E-state index contributed by atoms with van der Waals surface area (Å²) in [7, 11) is 1.55. The van der Waals surface area contributed by atoms with Crippen LogP contribution in [0.25, 0.3) is 22.3 Å². The van der Waals surface area contributed by atoms with Crippen molar-refractivity contribution in [1.82, 2.24) is 0 Å². The van der Waals surface area contributed by atoms with Gasteiger partial charge in [0.15, 0.2) is 5.76 Å². The highest BCUT2D eigenvalue weighted by molar-refractivity contribution is 5.83. The molecule has 3 rings (SSSR count).